The second kappa shape index (κ2) is 8.80. The summed E-state index contributed by atoms with van der Waals surface area (Å²) in [5.41, 5.74) is -0.168. The molecule has 0 bridgehead atoms. The fourth-order valence-corrected chi connectivity index (χ4v) is 5.87. The minimum Gasteiger partial charge on any atom is -0.481 e. The molecular weight excluding hydrogens is 327 g/mol. The van der Waals surface area contributed by atoms with E-state index in [1.54, 1.807) is 24.3 Å². The van der Waals surface area contributed by atoms with Crippen molar-refractivity contribution in [2.24, 2.45) is 0 Å². The van der Waals surface area contributed by atoms with E-state index in [0.717, 1.165) is 12.8 Å². The number of hydrogen-bond acceptors (Lipinski definition) is 3. The highest BCUT2D eigenvalue weighted by Gasteiger charge is 2.41. The molecule has 0 radical (unpaired) electrons. The second-order valence-corrected chi connectivity index (χ2v) is 9.11. The van der Waals surface area contributed by atoms with Gasteiger partial charge < -0.3 is 14.7 Å². The van der Waals surface area contributed by atoms with Crippen LogP contribution in [0.5, 0.6) is 0 Å². The van der Waals surface area contributed by atoms with Gasteiger partial charge in [0.2, 0.25) is 7.37 Å². The minimum absolute atomic E-state index is 0.0350. The lowest BCUT2D eigenvalue weighted by Crippen LogP contribution is -2.28. The van der Waals surface area contributed by atoms with Crippen molar-refractivity contribution in [3.05, 3.63) is 35.9 Å². The molecule has 1 aromatic carbocycles. The number of ether oxygens (including phenoxy) is 1. The van der Waals surface area contributed by atoms with Crippen LogP contribution in [0.3, 0.4) is 0 Å². The van der Waals surface area contributed by atoms with Crippen LogP contribution in [0.2, 0.25) is 0 Å². The van der Waals surface area contributed by atoms with E-state index in [1.165, 1.54) is 0 Å². The number of hydrogen-bond donors (Lipinski definition) is 2. The Morgan fingerprint density at radius 3 is 2.62 bits per heavy atom. The van der Waals surface area contributed by atoms with Gasteiger partial charge in [-0.15, -0.1) is 0 Å². The maximum Gasteiger partial charge on any atom is 0.311 e. The van der Waals surface area contributed by atoms with Gasteiger partial charge in [-0.2, -0.15) is 0 Å². The molecule has 2 rings (SSSR count). The van der Waals surface area contributed by atoms with Gasteiger partial charge in [-0.25, -0.2) is 0 Å². The molecule has 5 nitrogen and oxygen atoms in total. The first-order valence-electron chi connectivity index (χ1n) is 8.66. The summed E-state index contributed by atoms with van der Waals surface area (Å²) in [6.45, 7) is 2.62. The number of aliphatic carboxylic acids is 1. The van der Waals surface area contributed by atoms with Gasteiger partial charge in [0.25, 0.3) is 0 Å². The van der Waals surface area contributed by atoms with Crippen molar-refractivity contribution in [2.45, 2.75) is 56.7 Å². The Balaban J connectivity index is 2.20. The molecule has 0 aliphatic carbocycles. The Bertz CT molecular complexity index is 568. The van der Waals surface area contributed by atoms with Gasteiger partial charge in [0, 0.05) is 12.8 Å². The Kier molecular flexibility index (Phi) is 7.02. The van der Waals surface area contributed by atoms with Gasteiger partial charge in [0.05, 0.1) is 17.7 Å². The zero-order chi connectivity index (χ0) is 17.6. The summed E-state index contributed by atoms with van der Waals surface area (Å²) >= 11 is 0. The summed E-state index contributed by atoms with van der Waals surface area (Å²) in [5, 5.41) is 9.71. The number of carbonyl (C=O) groups is 1. The van der Waals surface area contributed by atoms with Gasteiger partial charge in [0.1, 0.15) is 0 Å². The van der Waals surface area contributed by atoms with E-state index in [4.69, 9.17) is 4.74 Å². The number of carboxylic acid groups (broad SMARTS) is 1. The van der Waals surface area contributed by atoms with Crippen LogP contribution in [0.25, 0.3) is 0 Å². The minimum atomic E-state index is -3.61. The predicted molar refractivity (Wildman–Crippen MR) is 93.8 cm³/mol. The highest BCUT2D eigenvalue weighted by atomic mass is 31.2. The summed E-state index contributed by atoms with van der Waals surface area (Å²) in [6.07, 6.45) is 3.68. The first kappa shape index (κ1) is 19.2. The van der Waals surface area contributed by atoms with Crippen LogP contribution in [0.1, 0.15) is 50.5 Å². The molecule has 134 valence electrons. The molecule has 4 atom stereocenters. The van der Waals surface area contributed by atoms with Crippen molar-refractivity contribution in [3.8, 4) is 0 Å². The van der Waals surface area contributed by atoms with E-state index in [9.17, 15) is 19.4 Å². The summed E-state index contributed by atoms with van der Waals surface area (Å²) in [7, 11) is -3.61. The maximum atomic E-state index is 13.0. The molecule has 1 aliphatic rings. The van der Waals surface area contributed by atoms with Gasteiger partial charge in [-0.3, -0.25) is 9.36 Å². The lowest BCUT2D eigenvalue weighted by molar-refractivity contribution is -0.139. The van der Waals surface area contributed by atoms with E-state index in [-0.39, 0.29) is 12.3 Å². The van der Waals surface area contributed by atoms with Crippen LogP contribution in [-0.4, -0.2) is 40.5 Å². The standard InChI is InChI=1S/C18H27O5P/c1-2-7-16(17(18(19)20)14-8-4-3-5-9-14)24(21,22)13-11-15-10-6-12-23-15/h3-5,8-9,15-17H,2,6-7,10-13H2,1H3,(H,19,20)(H,21,22). The quantitative estimate of drug-likeness (QED) is 0.658. The van der Waals surface area contributed by atoms with E-state index in [2.05, 4.69) is 0 Å². The highest BCUT2D eigenvalue weighted by molar-refractivity contribution is 7.58. The maximum absolute atomic E-state index is 13.0. The van der Waals surface area contributed by atoms with Crippen molar-refractivity contribution >= 4 is 13.3 Å². The third-order valence-electron chi connectivity index (χ3n) is 4.71. The van der Waals surface area contributed by atoms with Crippen LogP contribution in [0, 0.1) is 0 Å². The molecule has 1 heterocycles. The largest absolute Gasteiger partial charge is 0.481 e. The Morgan fingerprint density at radius 2 is 2.08 bits per heavy atom. The zero-order valence-electron chi connectivity index (χ0n) is 14.1. The van der Waals surface area contributed by atoms with Crippen LogP contribution < -0.4 is 0 Å². The fourth-order valence-electron chi connectivity index (χ4n) is 3.45. The summed E-state index contributed by atoms with van der Waals surface area (Å²) in [4.78, 5) is 22.5. The highest BCUT2D eigenvalue weighted by Crippen LogP contribution is 2.54. The van der Waals surface area contributed by atoms with Crippen molar-refractivity contribution in [1.29, 1.82) is 0 Å². The third kappa shape index (κ3) is 4.92. The van der Waals surface area contributed by atoms with Crippen molar-refractivity contribution in [3.63, 3.8) is 0 Å². The molecule has 24 heavy (non-hydrogen) atoms. The summed E-state index contributed by atoms with van der Waals surface area (Å²) in [5.74, 6) is -1.99. The number of benzene rings is 1. The molecule has 4 unspecified atom stereocenters. The van der Waals surface area contributed by atoms with Gasteiger partial charge in [-0.1, -0.05) is 43.7 Å². The first-order valence-corrected chi connectivity index (χ1v) is 10.6. The SMILES string of the molecule is CCCC(C(C(=O)O)c1ccccc1)P(=O)(O)CCC1CCCO1. The predicted octanol–water partition coefficient (Wildman–Crippen LogP) is 3.86. The Hall–Kier alpha value is -1.16. The molecule has 1 aliphatic heterocycles. The first-order chi connectivity index (χ1) is 11.5. The topological polar surface area (TPSA) is 83.8 Å². The van der Waals surface area contributed by atoms with Gasteiger partial charge in [0.15, 0.2) is 0 Å². The molecule has 0 aromatic heterocycles. The number of rotatable bonds is 9. The van der Waals surface area contributed by atoms with E-state index in [1.807, 2.05) is 13.0 Å². The molecule has 0 saturated carbocycles. The van der Waals surface area contributed by atoms with Crippen molar-refractivity contribution in [1.82, 2.24) is 0 Å². The van der Waals surface area contributed by atoms with Gasteiger partial charge >= 0.3 is 5.97 Å². The lowest BCUT2D eigenvalue weighted by atomic mass is 9.93. The molecular formula is C18H27O5P. The molecule has 0 amide bonds. The summed E-state index contributed by atoms with van der Waals surface area (Å²) in [6, 6.07) is 8.79. The monoisotopic (exact) mass is 354 g/mol. The number of carboxylic acids is 1. The molecule has 6 heteroatoms. The Labute approximate surface area is 143 Å². The van der Waals surface area contributed by atoms with E-state index in [0.29, 0.717) is 31.4 Å². The molecule has 1 aromatic rings. The van der Waals surface area contributed by atoms with E-state index < -0.39 is 24.9 Å². The molecule has 0 spiro atoms. The zero-order valence-corrected chi connectivity index (χ0v) is 15.0. The molecule has 1 saturated heterocycles. The third-order valence-corrected chi connectivity index (χ3v) is 7.20. The van der Waals surface area contributed by atoms with Gasteiger partial charge in [-0.05, 0) is 31.2 Å². The van der Waals surface area contributed by atoms with Crippen molar-refractivity contribution < 1.29 is 24.1 Å². The van der Waals surface area contributed by atoms with Crippen LogP contribution in [0.15, 0.2) is 30.3 Å². The summed E-state index contributed by atoms with van der Waals surface area (Å²) < 4.78 is 18.5. The lowest BCUT2D eigenvalue weighted by Gasteiger charge is -2.29. The van der Waals surface area contributed by atoms with E-state index >= 15 is 0 Å². The molecule has 2 N–H and O–H groups in total. The van der Waals surface area contributed by atoms with Crippen LogP contribution in [0.4, 0.5) is 0 Å². The van der Waals surface area contributed by atoms with Crippen LogP contribution >= 0.6 is 7.37 Å². The average molecular weight is 354 g/mol. The normalized spacial score (nSPS) is 22.7. The fraction of sp³-hybridized carbons (Fsp3) is 0.611. The molecule has 1 fully saturated rings. The Morgan fingerprint density at radius 1 is 1.38 bits per heavy atom. The second-order valence-electron chi connectivity index (χ2n) is 6.49. The smallest absolute Gasteiger partial charge is 0.311 e. The van der Waals surface area contributed by atoms with Crippen LogP contribution in [-0.2, 0) is 14.1 Å². The van der Waals surface area contributed by atoms with Crippen molar-refractivity contribution in [2.75, 3.05) is 12.8 Å². The average Bonchev–Trinajstić information content (AvgIpc) is 3.07.